The Hall–Kier alpha value is -3.80. The van der Waals surface area contributed by atoms with Gasteiger partial charge in [0, 0.05) is 5.56 Å². The molecule has 4 N–H and O–H groups in total. The molecule has 0 aliphatic heterocycles. The number of nitrogens with two attached hydrogens (primary N) is 1. The van der Waals surface area contributed by atoms with Gasteiger partial charge < -0.3 is 21.1 Å². The fourth-order valence-corrected chi connectivity index (χ4v) is 3.62. The molecule has 0 saturated carbocycles. The number of hydrogen-bond acceptors (Lipinski definition) is 4. The van der Waals surface area contributed by atoms with E-state index < -0.39 is 6.09 Å². The lowest BCUT2D eigenvalue weighted by molar-refractivity contribution is 0.102. The Kier molecular flexibility index (Phi) is 5.66. The number of fused-ring (bicyclic) bond motifs is 1. The van der Waals surface area contributed by atoms with Crippen molar-refractivity contribution in [2.24, 2.45) is 0 Å². The zero-order valence-corrected chi connectivity index (χ0v) is 16.4. The van der Waals surface area contributed by atoms with E-state index in [-0.39, 0.29) is 18.6 Å². The molecule has 3 aromatic rings. The molecule has 0 saturated heterocycles. The quantitative estimate of drug-likeness (QED) is 0.551. The summed E-state index contributed by atoms with van der Waals surface area (Å²) in [6.07, 6.45) is 1.11. The minimum atomic E-state index is -0.446. The van der Waals surface area contributed by atoms with Gasteiger partial charge in [-0.25, -0.2) is 4.79 Å². The number of ether oxygens (including phenoxy) is 1. The number of para-hydroxylation sites is 2. The third-order valence-electron chi connectivity index (χ3n) is 5.20. The van der Waals surface area contributed by atoms with Gasteiger partial charge in [-0.3, -0.25) is 4.79 Å². The first-order valence-electron chi connectivity index (χ1n) is 9.86. The third kappa shape index (κ3) is 4.43. The van der Waals surface area contributed by atoms with Crippen molar-refractivity contribution in [3.63, 3.8) is 0 Å². The van der Waals surface area contributed by atoms with E-state index >= 15 is 0 Å². The van der Waals surface area contributed by atoms with Crippen molar-refractivity contribution in [1.29, 1.82) is 0 Å². The average Bonchev–Trinajstić information content (AvgIpc) is 3.16. The van der Waals surface area contributed by atoms with Crippen molar-refractivity contribution in [1.82, 2.24) is 5.32 Å². The van der Waals surface area contributed by atoms with Gasteiger partial charge in [-0.05, 0) is 53.8 Å². The average molecular weight is 401 g/mol. The van der Waals surface area contributed by atoms with Crippen LogP contribution in [0.5, 0.6) is 0 Å². The number of hydrogen-bond donors (Lipinski definition) is 3. The van der Waals surface area contributed by atoms with Crippen LogP contribution in [0.4, 0.5) is 16.2 Å². The second-order valence-electron chi connectivity index (χ2n) is 7.25. The fraction of sp³-hybridized carbons (Fsp3) is 0.167. The summed E-state index contributed by atoms with van der Waals surface area (Å²) in [6.45, 7) is 0.230. The van der Waals surface area contributed by atoms with Crippen molar-refractivity contribution in [2.45, 2.75) is 25.5 Å². The van der Waals surface area contributed by atoms with Crippen LogP contribution in [0.3, 0.4) is 0 Å². The summed E-state index contributed by atoms with van der Waals surface area (Å²) >= 11 is 0. The molecule has 1 unspecified atom stereocenters. The molecule has 0 heterocycles. The van der Waals surface area contributed by atoms with Crippen LogP contribution >= 0.6 is 0 Å². The molecule has 0 fully saturated rings. The van der Waals surface area contributed by atoms with Gasteiger partial charge in [0.25, 0.3) is 5.91 Å². The molecule has 1 aliphatic carbocycles. The van der Waals surface area contributed by atoms with Gasteiger partial charge in [0.2, 0.25) is 0 Å². The van der Waals surface area contributed by atoms with Gasteiger partial charge in [-0.1, -0.05) is 48.5 Å². The number of anilines is 2. The van der Waals surface area contributed by atoms with Crippen LogP contribution in [0.2, 0.25) is 0 Å². The van der Waals surface area contributed by atoms with Crippen LogP contribution in [0.25, 0.3) is 0 Å². The van der Waals surface area contributed by atoms with Crippen LogP contribution in [0.1, 0.15) is 39.5 Å². The number of carbonyl (C=O) groups is 2. The lowest BCUT2D eigenvalue weighted by Gasteiger charge is -2.15. The Labute approximate surface area is 175 Å². The fourth-order valence-electron chi connectivity index (χ4n) is 3.62. The van der Waals surface area contributed by atoms with E-state index in [1.54, 1.807) is 18.2 Å². The Morgan fingerprint density at radius 1 is 1.00 bits per heavy atom. The molecule has 0 bridgehead atoms. The molecular weight excluding hydrogens is 378 g/mol. The maximum atomic E-state index is 12.6. The zero-order valence-electron chi connectivity index (χ0n) is 16.4. The summed E-state index contributed by atoms with van der Waals surface area (Å²) in [4.78, 5) is 24.8. The first kappa shape index (κ1) is 19.5. The molecule has 0 spiro atoms. The Morgan fingerprint density at radius 3 is 2.57 bits per heavy atom. The van der Waals surface area contributed by atoms with Crippen LogP contribution in [-0.2, 0) is 17.8 Å². The van der Waals surface area contributed by atoms with E-state index in [0.29, 0.717) is 16.9 Å². The summed E-state index contributed by atoms with van der Waals surface area (Å²) in [7, 11) is 0. The summed E-state index contributed by atoms with van der Waals surface area (Å²) in [5, 5.41) is 5.76. The van der Waals surface area contributed by atoms with Crippen LogP contribution in [0.15, 0.2) is 72.8 Å². The molecule has 1 aliphatic rings. The lowest BCUT2D eigenvalue weighted by atomic mass is 10.0. The minimum Gasteiger partial charge on any atom is -0.445 e. The van der Waals surface area contributed by atoms with Crippen molar-refractivity contribution in [3.05, 3.63) is 95.1 Å². The highest BCUT2D eigenvalue weighted by Crippen LogP contribution is 2.32. The molecule has 0 aromatic heterocycles. The molecule has 1 atom stereocenters. The van der Waals surface area contributed by atoms with Gasteiger partial charge in [0.05, 0.1) is 17.4 Å². The topological polar surface area (TPSA) is 93.5 Å². The highest BCUT2D eigenvalue weighted by atomic mass is 16.5. The minimum absolute atomic E-state index is 0.120. The smallest absolute Gasteiger partial charge is 0.407 e. The standard InChI is InChI=1S/C24H23N3O3/c25-20-8-4-5-9-22(20)26-23(28)18-10-12-19-17(14-18)11-13-21(19)27-24(29)30-15-16-6-2-1-3-7-16/h1-10,12,14,21H,11,13,15,25H2,(H,26,28)(H,27,29). The van der Waals surface area contributed by atoms with Gasteiger partial charge in [-0.15, -0.1) is 0 Å². The van der Waals surface area contributed by atoms with Gasteiger partial charge in [0.1, 0.15) is 6.61 Å². The molecule has 6 nitrogen and oxygen atoms in total. The van der Waals surface area contributed by atoms with Crippen molar-refractivity contribution in [2.75, 3.05) is 11.1 Å². The summed E-state index contributed by atoms with van der Waals surface area (Å²) in [5.41, 5.74) is 10.6. The summed E-state index contributed by atoms with van der Waals surface area (Å²) in [6, 6.07) is 22.1. The number of alkyl carbamates (subject to hydrolysis) is 1. The highest BCUT2D eigenvalue weighted by molar-refractivity contribution is 6.05. The van der Waals surface area contributed by atoms with Crippen molar-refractivity contribution in [3.8, 4) is 0 Å². The Bertz CT molecular complexity index is 1070. The number of nitrogens with one attached hydrogen (secondary N) is 2. The molecule has 6 heteroatoms. The molecule has 0 radical (unpaired) electrons. The molecule has 152 valence electrons. The number of nitrogen functional groups attached to an aromatic ring is 1. The number of carbonyl (C=O) groups excluding carboxylic acids is 2. The van der Waals surface area contributed by atoms with Crippen LogP contribution in [-0.4, -0.2) is 12.0 Å². The van der Waals surface area contributed by atoms with Crippen molar-refractivity contribution < 1.29 is 14.3 Å². The number of rotatable bonds is 5. The predicted molar refractivity (Wildman–Crippen MR) is 116 cm³/mol. The van der Waals surface area contributed by atoms with E-state index in [1.165, 1.54) is 0 Å². The maximum Gasteiger partial charge on any atom is 0.407 e. The van der Waals surface area contributed by atoms with Crippen molar-refractivity contribution >= 4 is 23.4 Å². The zero-order chi connectivity index (χ0) is 20.9. The van der Waals surface area contributed by atoms with Crippen LogP contribution < -0.4 is 16.4 Å². The Morgan fingerprint density at radius 2 is 1.77 bits per heavy atom. The molecule has 3 aromatic carbocycles. The molecular formula is C24H23N3O3. The second-order valence-corrected chi connectivity index (χ2v) is 7.25. The summed E-state index contributed by atoms with van der Waals surface area (Å²) < 4.78 is 5.32. The highest BCUT2D eigenvalue weighted by Gasteiger charge is 2.25. The van der Waals surface area contributed by atoms with E-state index in [9.17, 15) is 9.59 Å². The SMILES string of the molecule is Nc1ccccc1NC(=O)c1ccc2c(c1)CCC2NC(=O)OCc1ccccc1. The first-order valence-corrected chi connectivity index (χ1v) is 9.86. The number of aryl methyl sites for hydroxylation is 1. The monoisotopic (exact) mass is 401 g/mol. The van der Waals surface area contributed by atoms with Gasteiger partial charge in [-0.2, -0.15) is 0 Å². The lowest BCUT2D eigenvalue weighted by Crippen LogP contribution is -2.27. The normalized spacial score (nSPS) is 14.6. The van der Waals surface area contributed by atoms with E-state index in [2.05, 4.69) is 10.6 Å². The maximum absolute atomic E-state index is 12.6. The number of amides is 2. The predicted octanol–water partition coefficient (Wildman–Crippen LogP) is 4.43. The first-order chi connectivity index (χ1) is 14.6. The molecule has 2 amide bonds. The van der Waals surface area contributed by atoms with E-state index in [0.717, 1.165) is 29.5 Å². The third-order valence-corrected chi connectivity index (χ3v) is 5.20. The van der Waals surface area contributed by atoms with Crippen LogP contribution in [0, 0.1) is 0 Å². The van der Waals surface area contributed by atoms with E-state index in [4.69, 9.17) is 10.5 Å². The largest absolute Gasteiger partial charge is 0.445 e. The number of benzene rings is 3. The summed E-state index contributed by atoms with van der Waals surface area (Å²) in [5.74, 6) is -0.214. The van der Waals surface area contributed by atoms with Gasteiger partial charge >= 0.3 is 6.09 Å². The van der Waals surface area contributed by atoms with Gasteiger partial charge in [0.15, 0.2) is 0 Å². The molecule has 4 rings (SSSR count). The van der Waals surface area contributed by atoms with E-state index in [1.807, 2.05) is 54.6 Å². The Balaban J connectivity index is 1.38. The second kappa shape index (κ2) is 8.69. The molecule has 30 heavy (non-hydrogen) atoms.